The van der Waals surface area contributed by atoms with Crippen LogP contribution < -0.4 is 16.3 Å². The lowest BCUT2D eigenvalue weighted by Gasteiger charge is -2.29. The molecule has 2 aliphatic rings. The van der Waals surface area contributed by atoms with Crippen LogP contribution in [0.5, 0.6) is 0 Å². The molecule has 2 unspecified atom stereocenters. The third-order valence-electron chi connectivity index (χ3n) is 8.41. The standard InChI is InChI=1S/C36H27BN2O2/c37-35-32(27-13-5-7-15-30(27)40-35)29-20-18-23-10-3-4-12-26(23)33(29)39-36-34(28-14-6-8-16-31(28)41-36)38-25-19-17-22-9-1-2-11-24(22)21-25/h1-16,18-20,22,24,38-39H,17,21H2. The second-order valence-electron chi connectivity index (χ2n) is 10.9. The first-order valence-corrected chi connectivity index (χ1v) is 14.1. The van der Waals surface area contributed by atoms with Crippen molar-refractivity contribution in [3.05, 3.63) is 121 Å². The van der Waals surface area contributed by atoms with Crippen LogP contribution in [0.1, 0.15) is 12.8 Å². The van der Waals surface area contributed by atoms with Crippen molar-refractivity contribution in [2.45, 2.75) is 12.8 Å². The van der Waals surface area contributed by atoms with Gasteiger partial charge in [-0.1, -0.05) is 97.1 Å². The number of hydrogen-bond donors (Lipinski definition) is 2. The Labute approximate surface area is 239 Å². The predicted molar refractivity (Wildman–Crippen MR) is 170 cm³/mol. The number of rotatable bonds is 5. The lowest BCUT2D eigenvalue weighted by Crippen LogP contribution is -2.19. The molecule has 0 bridgehead atoms. The molecule has 2 heterocycles. The molecule has 0 fully saturated rings. The fraction of sp³-hybridized carbons (Fsp3) is 0.111. The molecule has 5 heteroatoms. The van der Waals surface area contributed by atoms with Gasteiger partial charge in [-0.2, -0.15) is 0 Å². The smallest absolute Gasteiger partial charge is 0.222 e. The highest BCUT2D eigenvalue weighted by molar-refractivity contribution is 6.36. The van der Waals surface area contributed by atoms with E-state index in [1.165, 1.54) is 5.70 Å². The number of allylic oxidation sites excluding steroid dienone is 6. The van der Waals surface area contributed by atoms with E-state index in [1.807, 2.05) is 30.3 Å². The minimum Gasteiger partial charge on any atom is -0.472 e. The lowest BCUT2D eigenvalue weighted by molar-refractivity contribution is 0.448. The highest BCUT2D eigenvalue weighted by Crippen LogP contribution is 2.44. The van der Waals surface area contributed by atoms with Crippen molar-refractivity contribution in [2.75, 3.05) is 10.6 Å². The van der Waals surface area contributed by atoms with Crippen molar-refractivity contribution in [1.29, 1.82) is 0 Å². The number of benzene rings is 4. The molecule has 2 N–H and O–H groups in total. The Morgan fingerprint density at radius 1 is 0.659 bits per heavy atom. The quantitative estimate of drug-likeness (QED) is 0.219. The van der Waals surface area contributed by atoms with E-state index < -0.39 is 0 Å². The van der Waals surface area contributed by atoms with Crippen LogP contribution in [0.4, 0.5) is 17.3 Å². The Bertz CT molecular complexity index is 2040. The van der Waals surface area contributed by atoms with E-state index in [1.54, 1.807) is 0 Å². The van der Waals surface area contributed by atoms with Gasteiger partial charge < -0.3 is 19.5 Å². The minimum absolute atomic E-state index is 0.393. The Kier molecular flexibility index (Phi) is 5.63. The van der Waals surface area contributed by atoms with Gasteiger partial charge >= 0.3 is 0 Å². The molecule has 0 amide bonds. The molecule has 0 spiro atoms. The van der Waals surface area contributed by atoms with E-state index in [4.69, 9.17) is 16.7 Å². The summed E-state index contributed by atoms with van der Waals surface area (Å²) in [6, 6.07) is 28.7. The number of nitrogens with one attached hydrogen (secondary N) is 2. The number of furan rings is 2. The van der Waals surface area contributed by atoms with E-state index in [2.05, 4.69) is 95.6 Å². The molecule has 0 saturated heterocycles. The molecular formula is C36H27BN2O2. The summed E-state index contributed by atoms with van der Waals surface area (Å²) in [5.74, 6) is 1.74. The van der Waals surface area contributed by atoms with E-state index in [0.29, 0.717) is 23.4 Å². The zero-order valence-electron chi connectivity index (χ0n) is 22.4. The van der Waals surface area contributed by atoms with Gasteiger partial charge in [0.05, 0.1) is 11.3 Å². The van der Waals surface area contributed by atoms with Gasteiger partial charge in [0.25, 0.3) is 0 Å². The summed E-state index contributed by atoms with van der Waals surface area (Å²) in [4.78, 5) is 0. The van der Waals surface area contributed by atoms with E-state index in [9.17, 15) is 0 Å². The maximum absolute atomic E-state index is 6.51. The summed E-state index contributed by atoms with van der Waals surface area (Å²) < 4.78 is 12.5. The average molecular weight is 530 g/mol. The third-order valence-corrected chi connectivity index (χ3v) is 8.41. The molecule has 41 heavy (non-hydrogen) atoms. The maximum atomic E-state index is 6.51. The molecule has 2 aliphatic carbocycles. The Morgan fingerprint density at radius 2 is 1.37 bits per heavy atom. The van der Waals surface area contributed by atoms with Crippen LogP contribution in [0, 0.1) is 11.8 Å². The van der Waals surface area contributed by atoms with Gasteiger partial charge in [-0.15, -0.1) is 0 Å². The van der Waals surface area contributed by atoms with Crippen LogP contribution >= 0.6 is 0 Å². The third kappa shape index (κ3) is 4.08. The summed E-state index contributed by atoms with van der Waals surface area (Å²) in [5, 5.41) is 11.7. The molecule has 196 valence electrons. The van der Waals surface area contributed by atoms with E-state index >= 15 is 0 Å². The summed E-state index contributed by atoms with van der Waals surface area (Å²) in [7, 11) is 6.51. The van der Waals surface area contributed by atoms with Gasteiger partial charge in [0, 0.05) is 33.0 Å². The largest absolute Gasteiger partial charge is 0.472 e. The number of anilines is 3. The van der Waals surface area contributed by atoms with Gasteiger partial charge in [-0.3, -0.25) is 0 Å². The second-order valence-corrected chi connectivity index (χ2v) is 10.9. The van der Waals surface area contributed by atoms with Crippen LogP contribution in [0.3, 0.4) is 0 Å². The van der Waals surface area contributed by atoms with Gasteiger partial charge in [0.2, 0.25) is 5.88 Å². The van der Waals surface area contributed by atoms with Crippen LogP contribution in [0.25, 0.3) is 43.8 Å². The molecule has 2 atom stereocenters. The molecule has 4 aromatic carbocycles. The van der Waals surface area contributed by atoms with Gasteiger partial charge in [-0.25, -0.2) is 0 Å². The summed E-state index contributed by atoms with van der Waals surface area (Å²) in [6.45, 7) is 0. The molecule has 6 aromatic rings. The van der Waals surface area contributed by atoms with Crippen LogP contribution in [-0.4, -0.2) is 7.85 Å². The summed E-state index contributed by atoms with van der Waals surface area (Å²) in [5.41, 5.74) is 6.87. The topological polar surface area (TPSA) is 50.3 Å². The van der Waals surface area contributed by atoms with Crippen molar-refractivity contribution in [2.24, 2.45) is 11.8 Å². The molecular weight excluding hydrogens is 503 g/mol. The number of para-hydroxylation sites is 2. The molecule has 8 rings (SSSR count). The predicted octanol–water partition coefficient (Wildman–Crippen LogP) is 8.98. The Balaban J connectivity index is 1.28. The first-order valence-electron chi connectivity index (χ1n) is 14.1. The fourth-order valence-corrected chi connectivity index (χ4v) is 6.38. The summed E-state index contributed by atoms with van der Waals surface area (Å²) in [6.07, 6.45) is 13.3. The number of hydrogen-bond acceptors (Lipinski definition) is 4. The zero-order chi connectivity index (χ0) is 27.3. The van der Waals surface area contributed by atoms with E-state index in [-0.39, 0.29) is 0 Å². The van der Waals surface area contributed by atoms with Crippen molar-refractivity contribution in [3.8, 4) is 11.1 Å². The Morgan fingerprint density at radius 3 is 2.22 bits per heavy atom. The zero-order valence-corrected chi connectivity index (χ0v) is 22.4. The molecule has 4 nitrogen and oxygen atoms in total. The average Bonchev–Trinajstić information content (AvgIpc) is 3.53. The highest BCUT2D eigenvalue weighted by atomic mass is 16.4. The molecule has 0 saturated carbocycles. The number of fused-ring (bicyclic) bond motifs is 4. The van der Waals surface area contributed by atoms with Crippen molar-refractivity contribution < 1.29 is 8.83 Å². The molecule has 2 radical (unpaired) electrons. The van der Waals surface area contributed by atoms with Crippen LogP contribution in [0.15, 0.2) is 130 Å². The lowest BCUT2D eigenvalue weighted by atomic mass is 9.79. The van der Waals surface area contributed by atoms with Gasteiger partial charge in [-0.05, 0) is 48.3 Å². The molecule has 2 aromatic heterocycles. The monoisotopic (exact) mass is 530 g/mol. The summed E-state index contributed by atoms with van der Waals surface area (Å²) >= 11 is 0. The highest BCUT2D eigenvalue weighted by Gasteiger charge is 2.26. The van der Waals surface area contributed by atoms with Crippen molar-refractivity contribution in [3.63, 3.8) is 0 Å². The second kappa shape index (κ2) is 9.63. The fourth-order valence-electron chi connectivity index (χ4n) is 6.38. The van der Waals surface area contributed by atoms with Crippen LogP contribution in [-0.2, 0) is 0 Å². The van der Waals surface area contributed by atoms with E-state index in [0.717, 1.165) is 68.1 Å². The van der Waals surface area contributed by atoms with Gasteiger partial charge in [0.1, 0.15) is 16.9 Å². The maximum Gasteiger partial charge on any atom is 0.222 e. The minimum atomic E-state index is 0.393. The van der Waals surface area contributed by atoms with Crippen molar-refractivity contribution in [1.82, 2.24) is 0 Å². The first kappa shape index (κ1) is 23.9. The first-order chi connectivity index (χ1) is 20.2. The normalized spacial score (nSPS) is 18.1. The Hall–Kier alpha value is -4.90. The van der Waals surface area contributed by atoms with Gasteiger partial charge in [0.15, 0.2) is 7.85 Å². The molecule has 0 aliphatic heterocycles. The van der Waals surface area contributed by atoms with Crippen LogP contribution in [0.2, 0.25) is 0 Å². The SMILES string of the molecule is [B]c1oc2ccccc2c1-c1ccc2ccccc2c1Nc1oc2ccccc2c1NC1=CCC2C=CC=CC2C1. The van der Waals surface area contributed by atoms with Crippen molar-refractivity contribution >= 4 is 63.5 Å².